The quantitative estimate of drug-likeness (QED) is 0.237. The van der Waals surface area contributed by atoms with Crippen LogP contribution in [0.2, 0.25) is 0 Å². The average molecular weight is 430 g/mol. The molecule has 9 heteroatoms. The highest BCUT2D eigenvalue weighted by atomic mass is 19.1. The summed E-state index contributed by atoms with van der Waals surface area (Å²) in [7, 11) is 1.58. The summed E-state index contributed by atoms with van der Waals surface area (Å²) in [5.41, 5.74) is 8.75. The summed E-state index contributed by atoms with van der Waals surface area (Å²) in [5, 5.41) is 7.57. The third-order valence-corrected chi connectivity index (χ3v) is 5.03. The number of nitrogens with two attached hydrogens (primary N) is 1. The summed E-state index contributed by atoms with van der Waals surface area (Å²) < 4.78 is 25.2. The Morgan fingerprint density at radius 1 is 0.969 bits per heavy atom. The minimum Gasteiger partial charge on any atom is -0.497 e. The van der Waals surface area contributed by atoms with E-state index in [2.05, 4.69) is 19.9 Å². The fourth-order valence-electron chi connectivity index (χ4n) is 3.50. The summed E-state index contributed by atoms with van der Waals surface area (Å²) in [6.45, 7) is 0. The van der Waals surface area contributed by atoms with E-state index in [1.807, 2.05) is 6.07 Å². The van der Waals surface area contributed by atoms with Crippen LogP contribution >= 0.6 is 0 Å². The van der Waals surface area contributed by atoms with Crippen LogP contribution in [0, 0.1) is 11.2 Å². The van der Waals surface area contributed by atoms with Crippen LogP contribution in [0.4, 0.5) is 4.39 Å². The van der Waals surface area contributed by atoms with Crippen molar-refractivity contribution in [3.63, 3.8) is 0 Å². The second kappa shape index (κ2) is 7.69. The predicted molar refractivity (Wildman–Crippen MR) is 119 cm³/mol. The first kappa shape index (κ1) is 19.6. The minimum atomic E-state index is -0.434. The van der Waals surface area contributed by atoms with Gasteiger partial charge in [-0.3, -0.25) is 5.41 Å². The molecule has 0 saturated heterocycles. The fraction of sp³-hybridized carbons (Fsp3) is 0.0870. The Hall–Kier alpha value is -4.40. The Morgan fingerprint density at radius 3 is 2.44 bits per heavy atom. The second-order valence-corrected chi connectivity index (χ2v) is 7.27. The van der Waals surface area contributed by atoms with Crippen molar-refractivity contribution >= 4 is 27.9 Å². The molecule has 32 heavy (non-hydrogen) atoms. The predicted octanol–water partition coefficient (Wildman–Crippen LogP) is 4.25. The number of aromatic amines is 2. The molecule has 0 amide bonds. The fourth-order valence-corrected chi connectivity index (χ4v) is 3.50. The first-order valence-electron chi connectivity index (χ1n) is 9.81. The Kier molecular flexibility index (Phi) is 4.70. The van der Waals surface area contributed by atoms with Crippen LogP contribution in [-0.2, 0) is 6.42 Å². The lowest BCUT2D eigenvalue weighted by atomic mass is 10.2. The largest absolute Gasteiger partial charge is 0.497 e. The minimum absolute atomic E-state index is 0.0137. The first-order chi connectivity index (χ1) is 15.5. The van der Waals surface area contributed by atoms with Gasteiger partial charge in [0.25, 0.3) is 0 Å². The summed E-state index contributed by atoms with van der Waals surface area (Å²) in [4.78, 5) is 15.5. The number of H-pyrrole nitrogens is 2. The monoisotopic (exact) mass is 430 g/mol. The molecule has 5 aromatic rings. The van der Waals surface area contributed by atoms with E-state index in [1.165, 1.54) is 12.1 Å². The van der Waals surface area contributed by atoms with Gasteiger partial charge in [0.15, 0.2) is 5.75 Å². The zero-order valence-electron chi connectivity index (χ0n) is 17.1. The van der Waals surface area contributed by atoms with Crippen molar-refractivity contribution in [1.29, 1.82) is 5.41 Å². The summed E-state index contributed by atoms with van der Waals surface area (Å²) in [6, 6.07) is 15.1. The summed E-state index contributed by atoms with van der Waals surface area (Å²) >= 11 is 0. The van der Waals surface area contributed by atoms with E-state index in [0.717, 1.165) is 5.52 Å². The van der Waals surface area contributed by atoms with Gasteiger partial charge in [-0.25, -0.2) is 14.4 Å². The van der Waals surface area contributed by atoms with Gasteiger partial charge < -0.3 is 25.2 Å². The van der Waals surface area contributed by atoms with Crippen LogP contribution in [0.1, 0.15) is 17.2 Å². The molecule has 3 aromatic carbocycles. The second-order valence-electron chi connectivity index (χ2n) is 7.27. The zero-order chi connectivity index (χ0) is 22.2. The van der Waals surface area contributed by atoms with Crippen molar-refractivity contribution in [2.75, 3.05) is 7.11 Å². The van der Waals surface area contributed by atoms with Crippen LogP contribution in [0.25, 0.3) is 22.1 Å². The maximum absolute atomic E-state index is 14.2. The van der Waals surface area contributed by atoms with Gasteiger partial charge in [-0.2, -0.15) is 0 Å². The SMILES string of the molecule is COc1ccc(Oc2cc(F)cc3[nH]c(Cc4nc5cc(C(=N)N)ccc5[nH]4)nc23)cc1. The van der Waals surface area contributed by atoms with Gasteiger partial charge in [-0.05, 0) is 48.5 Å². The zero-order valence-corrected chi connectivity index (χ0v) is 17.1. The number of halogens is 1. The molecule has 0 fully saturated rings. The number of nitrogen functional groups attached to an aromatic ring is 1. The topological polar surface area (TPSA) is 126 Å². The molecule has 0 aliphatic rings. The Balaban J connectivity index is 1.45. The van der Waals surface area contributed by atoms with E-state index >= 15 is 0 Å². The van der Waals surface area contributed by atoms with E-state index in [1.54, 1.807) is 43.5 Å². The van der Waals surface area contributed by atoms with E-state index in [9.17, 15) is 4.39 Å². The van der Waals surface area contributed by atoms with E-state index in [-0.39, 0.29) is 5.84 Å². The number of imidazole rings is 2. The molecule has 0 saturated carbocycles. The Labute approximate surface area is 181 Å². The first-order valence-corrected chi connectivity index (χ1v) is 9.81. The molecule has 0 aliphatic carbocycles. The van der Waals surface area contributed by atoms with Crippen molar-refractivity contribution in [2.45, 2.75) is 6.42 Å². The van der Waals surface area contributed by atoms with E-state index in [0.29, 0.717) is 57.4 Å². The number of nitrogens with zero attached hydrogens (tertiary/aromatic N) is 2. The number of aromatic nitrogens is 4. The number of rotatable bonds is 6. The molecule has 0 bridgehead atoms. The molecular formula is C23H19FN6O2. The van der Waals surface area contributed by atoms with Crippen molar-refractivity contribution < 1.29 is 13.9 Å². The van der Waals surface area contributed by atoms with Gasteiger partial charge in [0, 0.05) is 11.6 Å². The molecule has 0 unspecified atom stereocenters. The molecule has 5 rings (SSSR count). The van der Waals surface area contributed by atoms with Crippen LogP contribution in [0.3, 0.4) is 0 Å². The van der Waals surface area contributed by atoms with Gasteiger partial charge >= 0.3 is 0 Å². The Morgan fingerprint density at radius 2 is 1.69 bits per heavy atom. The molecule has 160 valence electrons. The number of amidine groups is 1. The summed E-state index contributed by atoms with van der Waals surface area (Å²) in [5.74, 6) is 2.39. The van der Waals surface area contributed by atoms with Crippen LogP contribution < -0.4 is 15.2 Å². The molecule has 0 radical (unpaired) electrons. The highest BCUT2D eigenvalue weighted by Gasteiger charge is 2.14. The average Bonchev–Trinajstić information content (AvgIpc) is 3.36. The number of fused-ring (bicyclic) bond motifs is 2. The van der Waals surface area contributed by atoms with Crippen LogP contribution in [0.5, 0.6) is 17.2 Å². The highest BCUT2D eigenvalue weighted by Crippen LogP contribution is 2.31. The van der Waals surface area contributed by atoms with Gasteiger partial charge in [-0.15, -0.1) is 0 Å². The number of hydrogen-bond acceptors (Lipinski definition) is 5. The van der Waals surface area contributed by atoms with Gasteiger partial charge in [-0.1, -0.05) is 0 Å². The standard InChI is InChI=1S/C23H19FN6O2/c1-31-14-3-5-15(6-4-14)32-19-10-13(24)9-18-22(19)30-21(29-18)11-20-27-16-7-2-12(23(25)26)8-17(16)28-20/h2-10H,11H2,1H3,(H3,25,26)(H,27,28)(H,29,30). The molecular weight excluding hydrogens is 411 g/mol. The third kappa shape index (κ3) is 3.71. The number of nitrogens with one attached hydrogen (secondary N) is 3. The maximum Gasteiger partial charge on any atom is 0.158 e. The van der Waals surface area contributed by atoms with Crippen molar-refractivity contribution in [3.8, 4) is 17.2 Å². The molecule has 0 atom stereocenters. The molecule has 2 heterocycles. The van der Waals surface area contributed by atoms with Crippen molar-refractivity contribution in [1.82, 2.24) is 19.9 Å². The lowest BCUT2D eigenvalue weighted by Crippen LogP contribution is -2.10. The smallest absolute Gasteiger partial charge is 0.158 e. The molecule has 8 nitrogen and oxygen atoms in total. The number of benzene rings is 3. The summed E-state index contributed by atoms with van der Waals surface area (Å²) in [6.07, 6.45) is 0.377. The van der Waals surface area contributed by atoms with Gasteiger partial charge in [0.1, 0.15) is 40.3 Å². The van der Waals surface area contributed by atoms with Crippen molar-refractivity contribution in [2.24, 2.45) is 5.73 Å². The highest BCUT2D eigenvalue weighted by molar-refractivity contribution is 5.97. The lowest BCUT2D eigenvalue weighted by molar-refractivity contribution is 0.413. The number of hydrogen-bond donors (Lipinski definition) is 4. The van der Waals surface area contributed by atoms with Crippen LogP contribution in [0.15, 0.2) is 54.6 Å². The molecule has 5 N–H and O–H groups in total. The molecule has 2 aromatic heterocycles. The molecule has 0 aliphatic heterocycles. The van der Waals surface area contributed by atoms with Crippen molar-refractivity contribution in [3.05, 3.63) is 77.6 Å². The van der Waals surface area contributed by atoms with E-state index < -0.39 is 5.82 Å². The number of methoxy groups -OCH3 is 1. The van der Waals surface area contributed by atoms with Gasteiger partial charge in [0.05, 0.1) is 30.1 Å². The lowest BCUT2D eigenvalue weighted by Gasteiger charge is -2.07. The third-order valence-electron chi connectivity index (χ3n) is 5.03. The normalized spacial score (nSPS) is 11.2. The Bertz CT molecular complexity index is 1460. The number of ether oxygens (including phenoxy) is 2. The van der Waals surface area contributed by atoms with E-state index in [4.69, 9.17) is 20.6 Å². The molecule has 0 spiro atoms. The van der Waals surface area contributed by atoms with Gasteiger partial charge in [0.2, 0.25) is 0 Å². The van der Waals surface area contributed by atoms with Crippen LogP contribution in [-0.4, -0.2) is 32.9 Å². The maximum atomic E-state index is 14.2.